The Kier molecular flexibility index (Phi) is 5.84. The molecular weight excluding hydrogens is 266 g/mol. The van der Waals surface area contributed by atoms with E-state index in [4.69, 9.17) is 14.9 Å². The van der Waals surface area contributed by atoms with E-state index in [-0.39, 0.29) is 0 Å². The van der Waals surface area contributed by atoms with E-state index in [1.54, 1.807) is 6.26 Å². The summed E-state index contributed by atoms with van der Waals surface area (Å²) in [5, 5.41) is 3.07. The maximum atomic E-state index is 5.83. The minimum atomic E-state index is 0.423. The molecule has 5 nitrogen and oxygen atoms in total. The van der Waals surface area contributed by atoms with Gasteiger partial charge in [0.05, 0.1) is 6.26 Å². The number of furan rings is 1. The highest BCUT2D eigenvalue weighted by Gasteiger charge is 1.97. The van der Waals surface area contributed by atoms with E-state index in [2.05, 4.69) is 10.3 Å². The second kappa shape index (κ2) is 8.11. The van der Waals surface area contributed by atoms with Crippen molar-refractivity contribution in [3.05, 3.63) is 54.0 Å². The number of benzene rings is 1. The van der Waals surface area contributed by atoms with Crippen LogP contribution in [0.3, 0.4) is 0 Å². The molecule has 21 heavy (non-hydrogen) atoms. The van der Waals surface area contributed by atoms with Gasteiger partial charge in [0, 0.05) is 18.8 Å². The number of hydrogen-bond acceptors (Lipinski definition) is 3. The third kappa shape index (κ3) is 5.71. The quantitative estimate of drug-likeness (QED) is 0.466. The van der Waals surface area contributed by atoms with Crippen LogP contribution in [0.5, 0.6) is 0 Å². The van der Waals surface area contributed by atoms with Gasteiger partial charge in [-0.3, -0.25) is 4.99 Å². The van der Waals surface area contributed by atoms with Gasteiger partial charge < -0.3 is 20.2 Å². The molecule has 0 atom stereocenters. The lowest BCUT2D eigenvalue weighted by atomic mass is 10.2. The van der Waals surface area contributed by atoms with Gasteiger partial charge in [-0.2, -0.15) is 0 Å². The smallest absolute Gasteiger partial charge is 0.193 e. The molecule has 0 radical (unpaired) electrons. The summed E-state index contributed by atoms with van der Waals surface area (Å²) >= 11 is 0. The van der Waals surface area contributed by atoms with Crippen LogP contribution in [-0.4, -0.2) is 19.1 Å². The fourth-order valence-corrected chi connectivity index (χ4v) is 1.84. The van der Waals surface area contributed by atoms with Gasteiger partial charge in [0.15, 0.2) is 5.96 Å². The van der Waals surface area contributed by atoms with Crippen LogP contribution in [-0.2, 0) is 11.3 Å². The number of aryl methyl sites for hydroxylation is 1. The topological polar surface area (TPSA) is 72.8 Å². The van der Waals surface area contributed by atoms with Crippen LogP contribution in [0.25, 0.3) is 0 Å². The van der Waals surface area contributed by atoms with Gasteiger partial charge in [-0.15, -0.1) is 0 Å². The molecule has 2 aromatic rings. The van der Waals surface area contributed by atoms with Crippen molar-refractivity contribution in [3.8, 4) is 0 Å². The number of anilines is 1. The predicted octanol–water partition coefficient (Wildman–Crippen LogP) is 2.92. The zero-order valence-electron chi connectivity index (χ0n) is 12.2. The van der Waals surface area contributed by atoms with Gasteiger partial charge in [-0.25, -0.2) is 0 Å². The Balaban J connectivity index is 1.62. The van der Waals surface area contributed by atoms with Crippen LogP contribution in [0.1, 0.15) is 17.7 Å². The maximum Gasteiger partial charge on any atom is 0.193 e. The van der Waals surface area contributed by atoms with Crippen molar-refractivity contribution >= 4 is 11.6 Å². The highest BCUT2D eigenvalue weighted by atomic mass is 16.5. The molecule has 3 N–H and O–H groups in total. The molecule has 0 spiro atoms. The van der Waals surface area contributed by atoms with Crippen molar-refractivity contribution in [2.24, 2.45) is 10.7 Å². The lowest BCUT2D eigenvalue weighted by molar-refractivity contribution is 0.105. The first-order valence-corrected chi connectivity index (χ1v) is 6.98. The summed E-state index contributed by atoms with van der Waals surface area (Å²) < 4.78 is 10.6. The van der Waals surface area contributed by atoms with Crippen molar-refractivity contribution in [1.29, 1.82) is 0 Å². The Hall–Kier alpha value is -2.27. The van der Waals surface area contributed by atoms with Crippen molar-refractivity contribution in [2.45, 2.75) is 20.0 Å². The Morgan fingerprint density at radius 3 is 3.00 bits per heavy atom. The molecule has 0 fully saturated rings. The zero-order valence-corrected chi connectivity index (χ0v) is 12.2. The lowest BCUT2D eigenvalue weighted by Crippen LogP contribution is -2.23. The van der Waals surface area contributed by atoms with E-state index in [9.17, 15) is 0 Å². The Morgan fingerprint density at radius 1 is 1.33 bits per heavy atom. The predicted molar refractivity (Wildman–Crippen MR) is 84.3 cm³/mol. The molecule has 112 valence electrons. The largest absolute Gasteiger partial charge is 0.467 e. The van der Waals surface area contributed by atoms with Gasteiger partial charge in [0.25, 0.3) is 0 Å². The average molecular weight is 287 g/mol. The minimum Gasteiger partial charge on any atom is -0.467 e. The molecule has 1 aromatic heterocycles. The third-order valence-electron chi connectivity index (χ3n) is 2.84. The van der Waals surface area contributed by atoms with Gasteiger partial charge in [0.2, 0.25) is 0 Å². The fraction of sp³-hybridized carbons (Fsp3) is 0.312. The van der Waals surface area contributed by atoms with E-state index in [1.807, 2.05) is 43.3 Å². The first-order valence-electron chi connectivity index (χ1n) is 6.98. The van der Waals surface area contributed by atoms with Crippen molar-refractivity contribution < 1.29 is 9.15 Å². The molecule has 0 aliphatic rings. The summed E-state index contributed by atoms with van der Waals surface area (Å²) in [5.41, 5.74) is 7.96. The summed E-state index contributed by atoms with van der Waals surface area (Å²) in [4.78, 5) is 4.26. The maximum absolute atomic E-state index is 5.83. The van der Waals surface area contributed by atoms with Crippen molar-refractivity contribution in [1.82, 2.24) is 0 Å². The third-order valence-corrected chi connectivity index (χ3v) is 2.84. The molecule has 0 aliphatic carbocycles. The number of nitrogens with two attached hydrogens (primary N) is 1. The van der Waals surface area contributed by atoms with E-state index < -0.39 is 0 Å². The summed E-state index contributed by atoms with van der Waals surface area (Å²) in [6.45, 7) is 3.79. The second-order valence-electron chi connectivity index (χ2n) is 4.75. The van der Waals surface area contributed by atoms with E-state index >= 15 is 0 Å². The molecule has 5 heteroatoms. The van der Waals surface area contributed by atoms with Gasteiger partial charge in [-0.1, -0.05) is 12.1 Å². The molecule has 0 amide bonds. The standard InChI is InChI=1S/C16H21N3O2/c1-13-5-2-6-14(11-13)19-16(17)18-8-4-9-20-12-15-7-3-10-21-15/h2-3,5-7,10-11H,4,8-9,12H2,1H3,(H3,17,18,19). The Morgan fingerprint density at radius 2 is 2.24 bits per heavy atom. The molecule has 0 bridgehead atoms. The van der Waals surface area contributed by atoms with Gasteiger partial charge in [-0.05, 0) is 43.2 Å². The summed E-state index contributed by atoms with van der Waals surface area (Å²) in [6, 6.07) is 11.7. The van der Waals surface area contributed by atoms with Gasteiger partial charge in [0.1, 0.15) is 12.4 Å². The highest BCUT2D eigenvalue weighted by molar-refractivity contribution is 5.92. The Bertz CT molecular complexity index is 565. The first-order chi connectivity index (χ1) is 10.2. The number of aliphatic imine (C=N–C) groups is 1. The lowest BCUT2D eigenvalue weighted by Gasteiger charge is -2.06. The number of hydrogen-bond donors (Lipinski definition) is 2. The summed E-state index contributed by atoms with van der Waals surface area (Å²) in [5.74, 6) is 1.26. The number of ether oxygens (including phenoxy) is 1. The van der Waals surface area contributed by atoms with Crippen LogP contribution in [0.15, 0.2) is 52.1 Å². The molecule has 0 saturated carbocycles. The van der Waals surface area contributed by atoms with Crippen LogP contribution >= 0.6 is 0 Å². The Labute approximate surface area is 124 Å². The van der Waals surface area contributed by atoms with E-state index in [0.29, 0.717) is 25.7 Å². The molecule has 2 rings (SSSR count). The molecule has 1 heterocycles. The fourth-order valence-electron chi connectivity index (χ4n) is 1.84. The zero-order chi connectivity index (χ0) is 14.9. The van der Waals surface area contributed by atoms with Crippen LogP contribution in [0.2, 0.25) is 0 Å². The highest BCUT2D eigenvalue weighted by Crippen LogP contribution is 2.08. The SMILES string of the molecule is Cc1cccc(NC(N)=NCCCOCc2ccco2)c1. The molecule has 0 unspecified atom stereocenters. The molecule has 0 aliphatic heterocycles. The summed E-state index contributed by atoms with van der Waals surface area (Å²) in [7, 11) is 0. The van der Waals surface area contributed by atoms with Gasteiger partial charge >= 0.3 is 0 Å². The normalized spacial score (nSPS) is 11.6. The number of rotatable bonds is 7. The monoisotopic (exact) mass is 287 g/mol. The van der Waals surface area contributed by atoms with Crippen LogP contribution in [0, 0.1) is 6.92 Å². The molecular formula is C16H21N3O2. The number of guanidine groups is 1. The first kappa shape index (κ1) is 15.1. The summed E-state index contributed by atoms with van der Waals surface area (Å²) in [6.07, 6.45) is 2.46. The van der Waals surface area contributed by atoms with Crippen LogP contribution < -0.4 is 11.1 Å². The average Bonchev–Trinajstić information content (AvgIpc) is 2.96. The number of nitrogens with zero attached hydrogens (tertiary/aromatic N) is 1. The number of nitrogens with one attached hydrogen (secondary N) is 1. The van der Waals surface area contributed by atoms with Crippen molar-refractivity contribution in [3.63, 3.8) is 0 Å². The second-order valence-corrected chi connectivity index (χ2v) is 4.75. The van der Waals surface area contributed by atoms with E-state index in [0.717, 1.165) is 17.9 Å². The van der Waals surface area contributed by atoms with E-state index in [1.165, 1.54) is 5.56 Å². The molecule has 1 aromatic carbocycles. The van der Waals surface area contributed by atoms with Crippen LogP contribution in [0.4, 0.5) is 5.69 Å². The molecule has 0 saturated heterocycles. The minimum absolute atomic E-state index is 0.423. The van der Waals surface area contributed by atoms with Crippen molar-refractivity contribution in [2.75, 3.05) is 18.5 Å².